The topological polar surface area (TPSA) is 98.8 Å². The van der Waals surface area contributed by atoms with Gasteiger partial charge in [-0.25, -0.2) is 14.5 Å². The Morgan fingerprint density at radius 2 is 1.94 bits per heavy atom. The third-order valence-corrected chi connectivity index (χ3v) is 5.42. The van der Waals surface area contributed by atoms with Crippen molar-refractivity contribution in [1.29, 1.82) is 0 Å². The molecule has 0 radical (unpaired) electrons. The third kappa shape index (κ3) is 3.95. The first-order chi connectivity index (χ1) is 14.9. The van der Waals surface area contributed by atoms with Crippen molar-refractivity contribution in [3.63, 3.8) is 0 Å². The number of carbonyl (C=O) groups excluding carboxylic acids is 1. The average Bonchev–Trinajstić information content (AvgIpc) is 3.33. The first-order valence-electron chi connectivity index (χ1n) is 10.5. The molecule has 2 aliphatic heterocycles. The molecule has 0 unspecified atom stereocenters. The molecule has 0 spiro atoms. The molecular formula is C21H26N6O4. The van der Waals surface area contributed by atoms with E-state index >= 15 is 0 Å². The minimum absolute atomic E-state index is 0.229. The summed E-state index contributed by atoms with van der Waals surface area (Å²) < 4.78 is 18.3. The standard InChI is InChI=1S/C21H26N6O4/c1-21(2,3)30-20(28)26-8-6-25(7-9-26)18-10-17(31-24-18)16-5-4-14-11-22-27(19(14)23-16)15-12-29-13-15/h4-5,10-11,15H,6-9,12-13H2,1-3H3. The van der Waals surface area contributed by atoms with Gasteiger partial charge >= 0.3 is 6.09 Å². The average molecular weight is 426 g/mol. The van der Waals surface area contributed by atoms with E-state index < -0.39 is 5.60 Å². The van der Waals surface area contributed by atoms with Gasteiger partial charge in [0.25, 0.3) is 0 Å². The Bertz CT molecular complexity index is 1090. The molecular weight excluding hydrogens is 400 g/mol. The highest BCUT2D eigenvalue weighted by Crippen LogP contribution is 2.28. The van der Waals surface area contributed by atoms with Gasteiger partial charge in [-0.05, 0) is 32.9 Å². The van der Waals surface area contributed by atoms with Crippen LogP contribution in [0.5, 0.6) is 0 Å². The fraction of sp³-hybridized carbons (Fsp3) is 0.524. The second kappa shape index (κ2) is 7.52. The van der Waals surface area contributed by atoms with Gasteiger partial charge in [-0.3, -0.25) is 0 Å². The number of carbonyl (C=O) groups is 1. The number of pyridine rings is 1. The summed E-state index contributed by atoms with van der Waals surface area (Å²) in [6.45, 7) is 9.39. The molecule has 10 heteroatoms. The van der Waals surface area contributed by atoms with Crippen molar-refractivity contribution in [2.24, 2.45) is 0 Å². The molecule has 3 aromatic rings. The van der Waals surface area contributed by atoms with E-state index in [1.54, 1.807) is 4.90 Å². The molecule has 0 aliphatic carbocycles. The number of nitrogens with zero attached hydrogens (tertiary/aromatic N) is 6. The van der Waals surface area contributed by atoms with E-state index in [0.717, 1.165) is 16.9 Å². The largest absolute Gasteiger partial charge is 0.444 e. The highest BCUT2D eigenvalue weighted by molar-refractivity contribution is 5.78. The molecule has 164 valence electrons. The predicted octanol–water partition coefficient (Wildman–Crippen LogP) is 2.71. The molecule has 1 amide bonds. The number of fused-ring (bicyclic) bond motifs is 1. The molecule has 0 aromatic carbocycles. The highest BCUT2D eigenvalue weighted by atomic mass is 16.6. The van der Waals surface area contributed by atoms with Gasteiger partial charge in [0.15, 0.2) is 17.2 Å². The van der Waals surface area contributed by atoms with Crippen molar-refractivity contribution in [3.8, 4) is 11.5 Å². The number of rotatable bonds is 3. The van der Waals surface area contributed by atoms with Crippen LogP contribution in [-0.2, 0) is 9.47 Å². The van der Waals surface area contributed by atoms with Crippen LogP contribution in [0.2, 0.25) is 0 Å². The van der Waals surface area contributed by atoms with E-state index in [1.807, 2.05) is 49.8 Å². The molecule has 0 bridgehead atoms. The molecule has 31 heavy (non-hydrogen) atoms. The smallest absolute Gasteiger partial charge is 0.410 e. The van der Waals surface area contributed by atoms with Gasteiger partial charge in [0.05, 0.1) is 19.4 Å². The molecule has 2 aliphatic rings. The SMILES string of the molecule is CC(C)(C)OC(=O)N1CCN(c2cc(-c3ccc4cnn(C5COC5)c4n3)on2)CC1. The maximum atomic E-state index is 12.3. The minimum atomic E-state index is -0.496. The number of aromatic nitrogens is 4. The van der Waals surface area contributed by atoms with Crippen LogP contribution in [0.3, 0.4) is 0 Å². The fourth-order valence-corrected chi connectivity index (χ4v) is 3.67. The van der Waals surface area contributed by atoms with Crippen LogP contribution in [0.15, 0.2) is 28.9 Å². The van der Waals surface area contributed by atoms with Crippen molar-refractivity contribution < 1.29 is 18.8 Å². The molecule has 10 nitrogen and oxygen atoms in total. The van der Waals surface area contributed by atoms with Crippen molar-refractivity contribution in [2.75, 3.05) is 44.3 Å². The Kier molecular flexibility index (Phi) is 4.81. The lowest BCUT2D eigenvalue weighted by molar-refractivity contribution is -0.0269. The summed E-state index contributed by atoms with van der Waals surface area (Å²) >= 11 is 0. The number of ether oxygens (including phenoxy) is 2. The van der Waals surface area contributed by atoms with Gasteiger partial charge in [0.2, 0.25) is 0 Å². The number of amides is 1. The van der Waals surface area contributed by atoms with Gasteiger partial charge in [-0.1, -0.05) is 5.16 Å². The summed E-state index contributed by atoms with van der Waals surface area (Å²) in [7, 11) is 0. The van der Waals surface area contributed by atoms with Crippen molar-refractivity contribution in [2.45, 2.75) is 32.4 Å². The van der Waals surface area contributed by atoms with Crippen LogP contribution in [0.1, 0.15) is 26.8 Å². The Morgan fingerprint density at radius 3 is 2.61 bits per heavy atom. The van der Waals surface area contributed by atoms with Crippen LogP contribution in [-0.4, -0.2) is 75.9 Å². The van der Waals surface area contributed by atoms with Crippen LogP contribution >= 0.6 is 0 Å². The van der Waals surface area contributed by atoms with Crippen molar-refractivity contribution in [3.05, 3.63) is 24.4 Å². The summed E-state index contributed by atoms with van der Waals surface area (Å²) in [4.78, 5) is 20.8. The number of piperazine rings is 1. The molecule has 0 atom stereocenters. The molecule has 0 saturated carbocycles. The molecule has 2 saturated heterocycles. The maximum Gasteiger partial charge on any atom is 0.410 e. The Balaban J connectivity index is 1.28. The Morgan fingerprint density at radius 1 is 1.16 bits per heavy atom. The lowest BCUT2D eigenvalue weighted by Gasteiger charge is -2.35. The van der Waals surface area contributed by atoms with E-state index in [2.05, 4.69) is 15.2 Å². The summed E-state index contributed by atoms with van der Waals surface area (Å²) in [6.07, 6.45) is 1.54. The first-order valence-corrected chi connectivity index (χ1v) is 10.5. The zero-order valence-electron chi connectivity index (χ0n) is 17.9. The summed E-state index contributed by atoms with van der Waals surface area (Å²) in [5.74, 6) is 1.34. The second-order valence-electron chi connectivity index (χ2n) is 8.89. The first kappa shape index (κ1) is 19.8. The van der Waals surface area contributed by atoms with Crippen molar-refractivity contribution >= 4 is 22.9 Å². The summed E-state index contributed by atoms with van der Waals surface area (Å²) in [5, 5.41) is 9.66. The monoisotopic (exact) mass is 426 g/mol. The number of anilines is 1. The normalized spacial score (nSPS) is 17.8. The zero-order valence-corrected chi connectivity index (χ0v) is 17.9. The van der Waals surface area contributed by atoms with Gasteiger partial charge in [0, 0.05) is 37.6 Å². The molecule has 3 aromatic heterocycles. The number of hydrogen-bond donors (Lipinski definition) is 0. The van der Waals surface area contributed by atoms with E-state index in [4.69, 9.17) is 19.0 Å². The van der Waals surface area contributed by atoms with Gasteiger partial charge in [0.1, 0.15) is 17.3 Å². The summed E-state index contributed by atoms with van der Waals surface area (Å²) in [5.41, 5.74) is 1.03. The Hall–Kier alpha value is -3.14. The van der Waals surface area contributed by atoms with Crippen LogP contribution in [0.4, 0.5) is 10.6 Å². The molecule has 5 rings (SSSR count). The highest BCUT2D eigenvalue weighted by Gasteiger charge is 2.27. The zero-order chi connectivity index (χ0) is 21.6. The predicted molar refractivity (Wildman–Crippen MR) is 113 cm³/mol. The molecule has 5 heterocycles. The van der Waals surface area contributed by atoms with Gasteiger partial charge in [-0.2, -0.15) is 5.10 Å². The van der Waals surface area contributed by atoms with E-state index in [1.165, 1.54) is 0 Å². The van der Waals surface area contributed by atoms with Crippen LogP contribution in [0, 0.1) is 0 Å². The van der Waals surface area contributed by atoms with Crippen LogP contribution in [0.25, 0.3) is 22.5 Å². The summed E-state index contributed by atoms with van der Waals surface area (Å²) in [6, 6.07) is 6.02. The molecule has 0 N–H and O–H groups in total. The number of hydrogen-bond acceptors (Lipinski definition) is 8. The molecule has 2 fully saturated rings. The van der Waals surface area contributed by atoms with Crippen molar-refractivity contribution in [1.82, 2.24) is 24.8 Å². The Labute approximate surface area is 179 Å². The van der Waals surface area contributed by atoms with Gasteiger partial charge < -0.3 is 23.8 Å². The second-order valence-corrected chi connectivity index (χ2v) is 8.89. The van der Waals surface area contributed by atoms with Crippen LogP contribution < -0.4 is 4.90 Å². The van der Waals surface area contributed by atoms with E-state index in [9.17, 15) is 4.79 Å². The minimum Gasteiger partial charge on any atom is -0.444 e. The lowest BCUT2D eigenvalue weighted by atomic mass is 10.2. The quantitative estimate of drug-likeness (QED) is 0.630. The fourth-order valence-electron chi connectivity index (χ4n) is 3.67. The van der Waals surface area contributed by atoms with E-state index in [-0.39, 0.29) is 12.1 Å². The lowest BCUT2D eigenvalue weighted by Crippen LogP contribution is -2.50. The maximum absolute atomic E-state index is 12.3. The third-order valence-electron chi connectivity index (χ3n) is 5.42. The van der Waals surface area contributed by atoms with E-state index in [0.29, 0.717) is 50.8 Å². The van der Waals surface area contributed by atoms with Gasteiger partial charge in [-0.15, -0.1) is 0 Å².